The summed E-state index contributed by atoms with van der Waals surface area (Å²) in [5.74, 6) is -0.218. The Labute approximate surface area is 177 Å². The van der Waals surface area contributed by atoms with Gasteiger partial charge in [-0.2, -0.15) is 0 Å². The lowest BCUT2D eigenvalue weighted by Gasteiger charge is -2.22. The van der Waals surface area contributed by atoms with Crippen LogP contribution in [0.25, 0.3) is 0 Å². The number of hydrogen-bond donors (Lipinski definition) is 3. The maximum Gasteiger partial charge on any atom is 0.315 e. The molecule has 0 heterocycles. The second kappa shape index (κ2) is 10.8. The van der Waals surface area contributed by atoms with E-state index in [1.807, 2.05) is 97.9 Å². The zero-order chi connectivity index (χ0) is 21.2. The van der Waals surface area contributed by atoms with Crippen molar-refractivity contribution >= 4 is 11.9 Å². The Morgan fingerprint density at radius 2 is 1.27 bits per heavy atom. The molecule has 0 aliphatic carbocycles. The maximum atomic E-state index is 13.0. The summed E-state index contributed by atoms with van der Waals surface area (Å²) in [5, 5.41) is 8.67. The molecule has 0 fully saturated rings. The third kappa shape index (κ3) is 6.48. The maximum absolute atomic E-state index is 13.0. The highest BCUT2D eigenvalue weighted by atomic mass is 16.2. The topological polar surface area (TPSA) is 70.2 Å². The Morgan fingerprint density at radius 3 is 1.87 bits per heavy atom. The summed E-state index contributed by atoms with van der Waals surface area (Å²) in [5.41, 5.74) is 2.99. The molecule has 0 saturated carbocycles. The highest BCUT2D eigenvalue weighted by Gasteiger charge is 2.23. The van der Waals surface area contributed by atoms with E-state index in [1.54, 1.807) is 0 Å². The van der Waals surface area contributed by atoms with Crippen LogP contribution in [0.5, 0.6) is 0 Å². The average molecular weight is 402 g/mol. The van der Waals surface area contributed by atoms with Crippen molar-refractivity contribution < 1.29 is 9.59 Å². The van der Waals surface area contributed by atoms with Crippen LogP contribution in [0.1, 0.15) is 29.7 Å². The van der Waals surface area contributed by atoms with Gasteiger partial charge in [0.25, 0.3) is 0 Å². The molecular formula is C25H27N3O2. The van der Waals surface area contributed by atoms with Crippen molar-refractivity contribution in [3.63, 3.8) is 0 Å². The number of benzene rings is 3. The molecule has 2 unspecified atom stereocenters. The van der Waals surface area contributed by atoms with Gasteiger partial charge in [-0.25, -0.2) is 4.79 Å². The summed E-state index contributed by atoms with van der Waals surface area (Å²) >= 11 is 0. The van der Waals surface area contributed by atoms with Gasteiger partial charge in [0.15, 0.2) is 0 Å². The Bertz CT molecular complexity index is 930. The summed E-state index contributed by atoms with van der Waals surface area (Å²) < 4.78 is 0. The summed E-state index contributed by atoms with van der Waals surface area (Å²) in [6, 6.07) is 27.9. The van der Waals surface area contributed by atoms with Crippen molar-refractivity contribution in [2.24, 2.45) is 0 Å². The van der Waals surface area contributed by atoms with Gasteiger partial charge in [0, 0.05) is 13.0 Å². The van der Waals surface area contributed by atoms with E-state index in [-0.39, 0.29) is 18.0 Å². The van der Waals surface area contributed by atoms with E-state index in [4.69, 9.17) is 0 Å². The highest BCUT2D eigenvalue weighted by Crippen LogP contribution is 2.12. The SMILES string of the molecule is CC(NC(=O)C(Cc1ccccc1)NC(=O)NCc1ccccc1)c1ccccc1. The smallest absolute Gasteiger partial charge is 0.315 e. The number of hydrogen-bond acceptors (Lipinski definition) is 2. The van der Waals surface area contributed by atoms with Gasteiger partial charge in [-0.3, -0.25) is 4.79 Å². The fourth-order valence-corrected chi connectivity index (χ4v) is 3.19. The normalized spacial score (nSPS) is 12.4. The van der Waals surface area contributed by atoms with Crippen LogP contribution in [0.3, 0.4) is 0 Å². The molecule has 5 nitrogen and oxygen atoms in total. The van der Waals surface area contributed by atoms with Gasteiger partial charge >= 0.3 is 6.03 Å². The molecule has 0 saturated heterocycles. The summed E-state index contributed by atoms with van der Waals surface area (Å²) in [6.07, 6.45) is 0.410. The van der Waals surface area contributed by atoms with Crippen molar-refractivity contribution in [2.45, 2.75) is 32.0 Å². The molecule has 3 amide bonds. The summed E-state index contributed by atoms with van der Waals surface area (Å²) in [7, 11) is 0. The van der Waals surface area contributed by atoms with E-state index in [9.17, 15) is 9.59 Å². The number of urea groups is 1. The molecule has 0 spiro atoms. The molecule has 2 atom stereocenters. The fourth-order valence-electron chi connectivity index (χ4n) is 3.19. The Hall–Kier alpha value is -3.60. The number of carbonyl (C=O) groups is 2. The number of rotatable bonds is 8. The van der Waals surface area contributed by atoms with Gasteiger partial charge in [0.1, 0.15) is 6.04 Å². The second-order valence-electron chi connectivity index (χ2n) is 7.20. The first-order valence-corrected chi connectivity index (χ1v) is 10.1. The van der Waals surface area contributed by atoms with Crippen molar-refractivity contribution in [2.75, 3.05) is 0 Å². The first-order valence-electron chi connectivity index (χ1n) is 10.1. The van der Waals surface area contributed by atoms with E-state index < -0.39 is 6.04 Å². The predicted octanol–water partition coefficient (Wildman–Crippen LogP) is 3.97. The van der Waals surface area contributed by atoms with Crippen LogP contribution in [0.15, 0.2) is 91.0 Å². The average Bonchev–Trinajstić information content (AvgIpc) is 2.79. The van der Waals surface area contributed by atoms with Gasteiger partial charge in [-0.1, -0.05) is 91.0 Å². The van der Waals surface area contributed by atoms with E-state index >= 15 is 0 Å². The van der Waals surface area contributed by atoms with Crippen LogP contribution in [-0.2, 0) is 17.8 Å². The van der Waals surface area contributed by atoms with Crippen molar-refractivity contribution in [3.8, 4) is 0 Å². The van der Waals surface area contributed by atoms with Crippen LogP contribution in [-0.4, -0.2) is 18.0 Å². The molecule has 3 aromatic carbocycles. The Morgan fingerprint density at radius 1 is 0.733 bits per heavy atom. The third-order valence-electron chi connectivity index (χ3n) is 4.86. The van der Waals surface area contributed by atoms with E-state index in [1.165, 1.54) is 0 Å². The highest BCUT2D eigenvalue weighted by molar-refractivity contribution is 5.87. The lowest BCUT2D eigenvalue weighted by Crippen LogP contribution is -2.51. The molecule has 0 aliphatic rings. The van der Waals surface area contributed by atoms with E-state index in [0.29, 0.717) is 13.0 Å². The summed E-state index contributed by atoms with van der Waals surface area (Å²) in [6.45, 7) is 2.33. The first kappa shape index (κ1) is 21.1. The minimum Gasteiger partial charge on any atom is -0.348 e. The second-order valence-corrected chi connectivity index (χ2v) is 7.20. The monoisotopic (exact) mass is 401 g/mol. The minimum atomic E-state index is -0.686. The molecule has 0 radical (unpaired) electrons. The molecule has 0 bridgehead atoms. The van der Waals surface area contributed by atoms with Crippen LogP contribution in [0, 0.1) is 0 Å². The van der Waals surface area contributed by atoms with E-state index in [2.05, 4.69) is 16.0 Å². The van der Waals surface area contributed by atoms with Crippen LogP contribution in [0.2, 0.25) is 0 Å². The van der Waals surface area contributed by atoms with Gasteiger partial charge < -0.3 is 16.0 Å². The fraction of sp³-hybridized carbons (Fsp3) is 0.200. The van der Waals surface area contributed by atoms with Crippen molar-refractivity contribution in [3.05, 3.63) is 108 Å². The predicted molar refractivity (Wildman–Crippen MR) is 119 cm³/mol. The zero-order valence-corrected chi connectivity index (χ0v) is 17.0. The largest absolute Gasteiger partial charge is 0.348 e. The van der Waals surface area contributed by atoms with Crippen LogP contribution >= 0.6 is 0 Å². The minimum absolute atomic E-state index is 0.161. The standard InChI is InChI=1S/C25H27N3O2/c1-19(22-15-9-4-10-16-22)27-24(29)23(17-20-11-5-2-6-12-20)28-25(30)26-18-21-13-7-3-8-14-21/h2-16,19,23H,17-18H2,1H3,(H,27,29)(H2,26,28,30). The van der Waals surface area contributed by atoms with Crippen molar-refractivity contribution in [1.82, 2.24) is 16.0 Å². The quantitative estimate of drug-likeness (QED) is 0.534. The number of carbonyl (C=O) groups excluding carboxylic acids is 2. The molecule has 0 aromatic heterocycles. The Balaban J connectivity index is 1.64. The van der Waals surface area contributed by atoms with Gasteiger partial charge in [-0.15, -0.1) is 0 Å². The van der Waals surface area contributed by atoms with Gasteiger partial charge in [0.05, 0.1) is 6.04 Å². The molecule has 0 aliphatic heterocycles. The lowest BCUT2D eigenvalue weighted by atomic mass is 10.0. The zero-order valence-electron chi connectivity index (χ0n) is 17.0. The molecule has 3 rings (SSSR count). The lowest BCUT2D eigenvalue weighted by molar-refractivity contribution is -0.123. The third-order valence-corrected chi connectivity index (χ3v) is 4.86. The first-order chi connectivity index (χ1) is 14.6. The van der Waals surface area contributed by atoms with Crippen molar-refractivity contribution in [1.29, 1.82) is 0 Å². The number of nitrogens with one attached hydrogen (secondary N) is 3. The molecular weight excluding hydrogens is 374 g/mol. The molecule has 5 heteroatoms. The molecule has 3 aromatic rings. The Kier molecular flexibility index (Phi) is 7.61. The molecule has 154 valence electrons. The number of amides is 3. The molecule has 3 N–H and O–H groups in total. The van der Waals surface area contributed by atoms with Gasteiger partial charge in [-0.05, 0) is 23.6 Å². The van der Waals surface area contributed by atoms with Crippen LogP contribution in [0.4, 0.5) is 4.79 Å². The summed E-state index contributed by atoms with van der Waals surface area (Å²) in [4.78, 5) is 25.5. The van der Waals surface area contributed by atoms with E-state index in [0.717, 1.165) is 16.7 Å². The molecule has 30 heavy (non-hydrogen) atoms. The van der Waals surface area contributed by atoms with Crippen LogP contribution < -0.4 is 16.0 Å². The van der Waals surface area contributed by atoms with Gasteiger partial charge in [0.2, 0.25) is 5.91 Å².